The van der Waals surface area contributed by atoms with Crippen molar-refractivity contribution >= 4 is 16.9 Å². The number of nitrogens with one attached hydrogen (secondary N) is 1. The van der Waals surface area contributed by atoms with E-state index in [9.17, 15) is 4.79 Å². The Morgan fingerprint density at radius 2 is 1.96 bits per heavy atom. The third-order valence-corrected chi connectivity index (χ3v) is 3.81. The minimum absolute atomic E-state index is 0.116. The van der Waals surface area contributed by atoms with Gasteiger partial charge in [0.25, 0.3) is 0 Å². The van der Waals surface area contributed by atoms with Gasteiger partial charge >= 0.3 is 0 Å². The Kier molecular flexibility index (Phi) is 3.74. The van der Waals surface area contributed by atoms with Crippen molar-refractivity contribution in [2.45, 2.75) is 12.6 Å². The molecular weight excluding hydrogens is 308 g/mol. The van der Waals surface area contributed by atoms with Gasteiger partial charge < -0.3 is 14.8 Å². The highest BCUT2D eigenvalue weighted by Gasteiger charge is 2.21. The van der Waals surface area contributed by atoms with Crippen LogP contribution in [0.15, 0.2) is 48.5 Å². The molecule has 1 aromatic heterocycles. The molecule has 0 saturated carbocycles. The smallest absolute Gasteiger partial charge is 0.241 e. The van der Waals surface area contributed by atoms with Gasteiger partial charge in [0, 0.05) is 0 Å². The van der Waals surface area contributed by atoms with E-state index < -0.39 is 0 Å². The molecule has 0 aliphatic carbocycles. The monoisotopic (exact) mass is 324 g/mol. The van der Waals surface area contributed by atoms with Crippen LogP contribution < -0.4 is 14.8 Å². The fourth-order valence-corrected chi connectivity index (χ4v) is 2.62. The Morgan fingerprint density at radius 3 is 2.88 bits per heavy atom. The van der Waals surface area contributed by atoms with Crippen LogP contribution in [0, 0.1) is 0 Å². The molecule has 7 heteroatoms. The third kappa shape index (κ3) is 2.88. The lowest BCUT2D eigenvalue weighted by atomic mass is 10.2. The van der Waals surface area contributed by atoms with Crippen LogP contribution in [0.4, 0.5) is 0 Å². The second-order valence-corrected chi connectivity index (χ2v) is 5.54. The molecule has 2 heterocycles. The zero-order valence-electron chi connectivity index (χ0n) is 12.9. The van der Waals surface area contributed by atoms with Crippen molar-refractivity contribution in [3.63, 3.8) is 0 Å². The summed E-state index contributed by atoms with van der Waals surface area (Å²) in [7, 11) is 0. The van der Waals surface area contributed by atoms with Crippen LogP contribution in [-0.4, -0.2) is 40.2 Å². The lowest BCUT2D eigenvalue weighted by Crippen LogP contribution is -2.41. The number of aromatic nitrogens is 3. The first-order valence-corrected chi connectivity index (χ1v) is 7.73. The highest BCUT2D eigenvalue weighted by atomic mass is 16.6. The summed E-state index contributed by atoms with van der Waals surface area (Å²) in [6.45, 7) is 0.897. The van der Waals surface area contributed by atoms with Crippen molar-refractivity contribution in [1.29, 1.82) is 0 Å². The van der Waals surface area contributed by atoms with Gasteiger partial charge in [0.2, 0.25) is 5.91 Å². The first-order chi connectivity index (χ1) is 11.8. The molecule has 7 nitrogen and oxygen atoms in total. The summed E-state index contributed by atoms with van der Waals surface area (Å²) in [4.78, 5) is 12.1. The average Bonchev–Trinajstić information content (AvgIpc) is 3.03. The van der Waals surface area contributed by atoms with Crippen LogP contribution in [0.25, 0.3) is 11.0 Å². The van der Waals surface area contributed by atoms with Crippen LogP contribution in [0.3, 0.4) is 0 Å². The van der Waals surface area contributed by atoms with Crippen molar-refractivity contribution < 1.29 is 14.3 Å². The van der Waals surface area contributed by atoms with Crippen molar-refractivity contribution in [2.24, 2.45) is 0 Å². The highest BCUT2D eigenvalue weighted by Crippen LogP contribution is 2.30. The van der Waals surface area contributed by atoms with Crippen LogP contribution in [0.5, 0.6) is 11.5 Å². The number of amides is 1. The Labute approximate surface area is 138 Å². The summed E-state index contributed by atoms with van der Waals surface area (Å²) >= 11 is 0. The molecule has 0 unspecified atom stereocenters. The number of hydrogen-bond donors (Lipinski definition) is 1. The number of carbonyl (C=O) groups excluding carboxylic acids is 1. The molecule has 1 aliphatic heterocycles. The maximum absolute atomic E-state index is 12.1. The van der Waals surface area contributed by atoms with Gasteiger partial charge in [-0.15, -0.1) is 5.10 Å². The van der Waals surface area contributed by atoms with Crippen molar-refractivity contribution in [3.8, 4) is 11.5 Å². The predicted molar refractivity (Wildman–Crippen MR) is 86.9 cm³/mol. The molecular formula is C17H16N4O3. The summed E-state index contributed by atoms with van der Waals surface area (Å²) in [5.74, 6) is 1.28. The molecule has 1 atom stereocenters. The molecule has 1 amide bonds. The van der Waals surface area contributed by atoms with Crippen LogP contribution in [-0.2, 0) is 11.3 Å². The number of fused-ring (bicyclic) bond motifs is 2. The SMILES string of the molecule is O=C(Cn1nnc2ccccc21)NC[C@@H]1COc2ccccc2O1. The minimum atomic E-state index is -0.212. The Bertz CT molecular complexity index is 877. The predicted octanol–water partition coefficient (Wildman–Crippen LogP) is 1.39. The molecule has 1 N–H and O–H groups in total. The maximum atomic E-state index is 12.1. The lowest BCUT2D eigenvalue weighted by Gasteiger charge is -2.26. The first-order valence-electron chi connectivity index (χ1n) is 7.73. The number of rotatable bonds is 4. The van der Waals surface area contributed by atoms with Gasteiger partial charge in [-0.05, 0) is 24.3 Å². The summed E-state index contributed by atoms with van der Waals surface area (Å²) < 4.78 is 13.0. The van der Waals surface area contributed by atoms with E-state index in [1.54, 1.807) is 4.68 Å². The van der Waals surface area contributed by atoms with Gasteiger partial charge in [-0.3, -0.25) is 4.79 Å². The summed E-state index contributed by atoms with van der Waals surface area (Å²) in [5.41, 5.74) is 1.60. The average molecular weight is 324 g/mol. The fourth-order valence-electron chi connectivity index (χ4n) is 2.62. The molecule has 4 rings (SSSR count). The van der Waals surface area contributed by atoms with Crippen LogP contribution >= 0.6 is 0 Å². The van der Waals surface area contributed by atoms with Gasteiger partial charge in [-0.2, -0.15) is 0 Å². The van der Waals surface area contributed by atoms with Crippen molar-refractivity contribution in [1.82, 2.24) is 20.3 Å². The van der Waals surface area contributed by atoms with Gasteiger partial charge in [0.05, 0.1) is 12.1 Å². The van der Waals surface area contributed by atoms with E-state index in [-0.39, 0.29) is 18.6 Å². The number of hydrogen-bond acceptors (Lipinski definition) is 5. The van der Waals surface area contributed by atoms with E-state index in [4.69, 9.17) is 9.47 Å². The molecule has 0 spiro atoms. The molecule has 2 aromatic carbocycles. The van der Waals surface area contributed by atoms with Crippen LogP contribution in [0.2, 0.25) is 0 Å². The normalized spacial score (nSPS) is 16.1. The molecule has 24 heavy (non-hydrogen) atoms. The second kappa shape index (κ2) is 6.19. The van der Waals surface area contributed by atoms with E-state index in [0.29, 0.717) is 18.9 Å². The Balaban J connectivity index is 1.34. The molecule has 3 aromatic rings. The van der Waals surface area contributed by atoms with E-state index >= 15 is 0 Å². The fraction of sp³-hybridized carbons (Fsp3) is 0.235. The summed E-state index contributed by atoms with van der Waals surface area (Å²) in [5, 5.41) is 10.9. The summed E-state index contributed by atoms with van der Waals surface area (Å²) in [6, 6.07) is 15.0. The second-order valence-electron chi connectivity index (χ2n) is 5.54. The minimum Gasteiger partial charge on any atom is -0.486 e. The maximum Gasteiger partial charge on any atom is 0.241 e. The van der Waals surface area contributed by atoms with Crippen molar-refractivity contribution in [2.75, 3.05) is 13.2 Å². The lowest BCUT2D eigenvalue weighted by molar-refractivity contribution is -0.122. The largest absolute Gasteiger partial charge is 0.486 e. The molecule has 0 radical (unpaired) electrons. The third-order valence-electron chi connectivity index (χ3n) is 3.81. The van der Waals surface area contributed by atoms with Crippen LogP contribution in [0.1, 0.15) is 0 Å². The first kappa shape index (κ1) is 14.5. The number of carbonyl (C=O) groups is 1. The Hall–Kier alpha value is -3.09. The highest BCUT2D eigenvalue weighted by molar-refractivity contribution is 5.79. The molecule has 0 fully saturated rings. The molecule has 122 valence electrons. The molecule has 0 bridgehead atoms. The summed E-state index contributed by atoms with van der Waals surface area (Å²) in [6.07, 6.45) is -0.212. The van der Waals surface area contributed by atoms with Gasteiger partial charge in [0.15, 0.2) is 11.5 Å². The zero-order valence-corrected chi connectivity index (χ0v) is 12.9. The van der Waals surface area contributed by atoms with E-state index in [1.165, 1.54) is 0 Å². The van der Waals surface area contributed by atoms with E-state index in [1.807, 2.05) is 48.5 Å². The molecule has 1 aliphatic rings. The van der Waals surface area contributed by atoms with Gasteiger partial charge in [0.1, 0.15) is 24.8 Å². The topological polar surface area (TPSA) is 78.3 Å². The quantitative estimate of drug-likeness (QED) is 0.784. The van der Waals surface area contributed by atoms with E-state index in [0.717, 1.165) is 16.8 Å². The molecule has 0 saturated heterocycles. The zero-order chi connectivity index (χ0) is 16.4. The van der Waals surface area contributed by atoms with E-state index in [2.05, 4.69) is 15.6 Å². The number of nitrogens with zero attached hydrogens (tertiary/aromatic N) is 3. The standard InChI is InChI=1S/C17H16N4O3/c22-17(10-21-14-6-2-1-5-13(14)19-20-21)18-9-12-11-23-15-7-3-4-8-16(15)24-12/h1-8,12H,9-11H2,(H,18,22)/t12-/m1/s1. The van der Waals surface area contributed by atoms with Crippen molar-refractivity contribution in [3.05, 3.63) is 48.5 Å². The van der Waals surface area contributed by atoms with Gasteiger partial charge in [-0.1, -0.05) is 29.5 Å². The number of para-hydroxylation sites is 3. The number of benzene rings is 2. The van der Waals surface area contributed by atoms with Gasteiger partial charge in [-0.25, -0.2) is 4.68 Å². The number of ether oxygens (including phenoxy) is 2. The Morgan fingerprint density at radius 1 is 1.17 bits per heavy atom.